The summed E-state index contributed by atoms with van der Waals surface area (Å²) in [6, 6.07) is 9.62. The average Bonchev–Trinajstić information content (AvgIpc) is 3.10. The highest BCUT2D eigenvalue weighted by Crippen LogP contribution is 2.26. The van der Waals surface area contributed by atoms with Gasteiger partial charge in [0.05, 0.1) is 5.92 Å². The van der Waals surface area contributed by atoms with E-state index in [1.165, 1.54) is 0 Å². The van der Waals surface area contributed by atoms with Crippen LogP contribution in [0.4, 0.5) is 4.79 Å². The minimum absolute atomic E-state index is 0.0273. The van der Waals surface area contributed by atoms with E-state index in [4.69, 9.17) is 4.74 Å². The van der Waals surface area contributed by atoms with Gasteiger partial charge in [-0.15, -0.1) is 0 Å². The first-order valence-electron chi connectivity index (χ1n) is 10.3. The molecule has 3 rings (SSSR count). The number of nitrogens with zero attached hydrogens (tertiary/aromatic N) is 2. The lowest BCUT2D eigenvalue weighted by molar-refractivity contribution is -0.132. The second kappa shape index (κ2) is 8.84. The third-order valence-electron chi connectivity index (χ3n) is 5.61. The molecule has 1 aromatic rings. The highest BCUT2D eigenvalue weighted by Gasteiger charge is 2.40. The van der Waals surface area contributed by atoms with E-state index in [1.54, 1.807) is 9.80 Å². The summed E-state index contributed by atoms with van der Waals surface area (Å²) in [5.74, 6) is -0.320. The standard InChI is InChI=1S/C22H31N3O4/c1-22(2,3)25-14-17(13-19(25)26)20(27)23-18-9-11-24(12-10-18)21(28)29-15-16-7-5-4-6-8-16/h4-8,17-18H,9-15H2,1-3H3,(H,23,27). The van der Waals surface area contributed by atoms with Gasteiger partial charge in [-0.2, -0.15) is 0 Å². The van der Waals surface area contributed by atoms with Gasteiger partial charge >= 0.3 is 6.09 Å². The van der Waals surface area contributed by atoms with Crippen LogP contribution in [-0.4, -0.2) is 58.9 Å². The molecule has 2 aliphatic rings. The van der Waals surface area contributed by atoms with E-state index in [9.17, 15) is 14.4 Å². The molecule has 0 spiro atoms. The smallest absolute Gasteiger partial charge is 0.410 e. The molecule has 158 valence electrons. The lowest BCUT2D eigenvalue weighted by Gasteiger charge is -2.33. The Bertz CT molecular complexity index is 736. The predicted molar refractivity (Wildman–Crippen MR) is 109 cm³/mol. The predicted octanol–water partition coefficient (Wildman–Crippen LogP) is 2.55. The molecule has 1 atom stereocenters. The number of carbonyl (C=O) groups excluding carboxylic acids is 3. The van der Waals surface area contributed by atoms with Crippen molar-refractivity contribution in [3.05, 3.63) is 35.9 Å². The van der Waals surface area contributed by atoms with Crippen LogP contribution in [0.3, 0.4) is 0 Å². The Labute approximate surface area is 172 Å². The summed E-state index contributed by atoms with van der Waals surface area (Å²) in [5.41, 5.74) is 0.691. The number of nitrogens with one attached hydrogen (secondary N) is 1. The van der Waals surface area contributed by atoms with Gasteiger partial charge < -0.3 is 19.9 Å². The number of ether oxygens (including phenoxy) is 1. The van der Waals surface area contributed by atoms with Gasteiger partial charge in [0.2, 0.25) is 11.8 Å². The Hall–Kier alpha value is -2.57. The van der Waals surface area contributed by atoms with Gasteiger partial charge in [0.1, 0.15) is 6.61 Å². The Morgan fingerprint density at radius 2 is 1.79 bits per heavy atom. The fourth-order valence-corrected chi connectivity index (χ4v) is 3.87. The molecule has 7 nitrogen and oxygen atoms in total. The molecule has 0 bridgehead atoms. The molecule has 2 aliphatic heterocycles. The Morgan fingerprint density at radius 3 is 2.38 bits per heavy atom. The normalized spacial score (nSPS) is 20.7. The maximum Gasteiger partial charge on any atom is 0.410 e. The molecule has 1 unspecified atom stereocenters. The van der Waals surface area contributed by atoms with E-state index in [0.717, 1.165) is 5.56 Å². The molecular weight excluding hydrogens is 370 g/mol. The van der Waals surface area contributed by atoms with Crippen molar-refractivity contribution >= 4 is 17.9 Å². The summed E-state index contributed by atoms with van der Waals surface area (Å²) < 4.78 is 5.38. The largest absolute Gasteiger partial charge is 0.445 e. The quantitative estimate of drug-likeness (QED) is 0.841. The second-order valence-corrected chi connectivity index (χ2v) is 8.89. The monoisotopic (exact) mass is 401 g/mol. The molecular formula is C22H31N3O4. The second-order valence-electron chi connectivity index (χ2n) is 8.89. The maximum atomic E-state index is 12.6. The number of amides is 3. The summed E-state index contributed by atoms with van der Waals surface area (Å²) in [5, 5.41) is 3.07. The summed E-state index contributed by atoms with van der Waals surface area (Å²) in [4.78, 5) is 40.5. The van der Waals surface area contributed by atoms with Crippen molar-refractivity contribution in [2.75, 3.05) is 19.6 Å². The van der Waals surface area contributed by atoms with Gasteiger partial charge in [-0.1, -0.05) is 30.3 Å². The number of benzene rings is 1. The number of carbonyl (C=O) groups is 3. The van der Waals surface area contributed by atoms with Crippen molar-refractivity contribution in [3.8, 4) is 0 Å². The van der Waals surface area contributed by atoms with Crippen molar-refractivity contribution in [1.82, 2.24) is 15.1 Å². The first-order chi connectivity index (χ1) is 13.7. The van der Waals surface area contributed by atoms with Crippen LogP contribution in [0.5, 0.6) is 0 Å². The maximum absolute atomic E-state index is 12.6. The first kappa shape index (κ1) is 21.1. The summed E-state index contributed by atoms with van der Waals surface area (Å²) in [6.07, 6.45) is 1.33. The van der Waals surface area contributed by atoms with Gasteiger partial charge in [-0.25, -0.2) is 4.79 Å². The van der Waals surface area contributed by atoms with Gasteiger partial charge in [0.15, 0.2) is 0 Å². The van der Waals surface area contributed by atoms with E-state index in [2.05, 4.69) is 5.32 Å². The molecule has 3 amide bonds. The van der Waals surface area contributed by atoms with Crippen molar-refractivity contribution in [1.29, 1.82) is 0 Å². The van der Waals surface area contributed by atoms with E-state index in [-0.39, 0.29) is 48.4 Å². The minimum atomic E-state index is -0.319. The third-order valence-corrected chi connectivity index (χ3v) is 5.61. The van der Waals surface area contributed by atoms with Gasteiger partial charge in [0, 0.05) is 37.6 Å². The fourth-order valence-electron chi connectivity index (χ4n) is 3.87. The summed E-state index contributed by atoms with van der Waals surface area (Å²) >= 11 is 0. The number of rotatable bonds is 4. The van der Waals surface area contributed by atoms with Crippen molar-refractivity contribution in [2.45, 2.75) is 58.2 Å². The zero-order chi connectivity index (χ0) is 21.0. The highest BCUT2D eigenvalue weighted by atomic mass is 16.6. The summed E-state index contributed by atoms with van der Waals surface area (Å²) in [7, 11) is 0. The molecule has 0 saturated carbocycles. The Morgan fingerprint density at radius 1 is 1.14 bits per heavy atom. The van der Waals surface area contributed by atoms with E-state index >= 15 is 0 Å². The SMILES string of the molecule is CC(C)(C)N1CC(C(=O)NC2CCN(C(=O)OCc3ccccc3)CC2)CC1=O. The number of hydrogen-bond donors (Lipinski definition) is 1. The molecule has 2 heterocycles. The van der Waals surface area contributed by atoms with Gasteiger partial charge in [0.25, 0.3) is 0 Å². The van der Waals surface area contributed by atoms with Crippen LogP contribution >= 0.6 is 0 Å². The van der Waals surface area contributed by atoms with Gasteiger partial charge in [-0.05, 0) is 39.2 Å². The van der Waals surface area contributed by atoms with Crippen LogP contribution in [0.2, 0.25) is 0 Å². The molecule has 0 radical (unpaired) electrons. The molecule has 0 aliphatic carbocycles. The number of hydrogen-bond acceptors (Lipinski definition) is 4. The molecule has 0 aromatic heterocycles. The fraction of sp³-hybridized carbons (Fsp3) is 0.591. The molecule has 2 saturated heterocycles. The van der Waals surface area contributed by atoms with Crippen molar-refractivity contribution in [2.24, 2.45) is 5.92 Å². The van der Waals surface area contributed by atoms with Crippen LogP contribution in [-0.2, 0) is 20.9 Å². The van der Waals surface area contributed by atoms with Crippen LogP contribution in [0.15, 0.2) is 30.3 Å². The van der Waals surface area contributed by atoms with E-state index < -0.39 is 0 Å². The Balaban J connectivity index is 1.41. The van der Waals surface area contributed by atoms with Crippen molar-refractivity contribution in [3.63, 3.8) is 0 Å². The third kappa shape index (κ3) is 5.49. The molecule has 1 N–H and O–H groups in total. The Kier molecular flexibility index (Phi) is 6.45. The minimum Gasteiger partial charge on any atom is -0.445 e. The number of piperidine rings is 1. The van der Waals surface area contributed by atoms with Crippen molar-refractivity contribution < 1.29 is 19.1 Å². The van der Waals surface area contributed by atoms with Crippen LogP contribution < -0.4 is 5.32 Å². The zero-order valence-electron chi connectivity index (χ0n) is 17.5. The van der Waals surface area contributed by atoms with Crippen LogP contribution in [0.25, 0.3) is 0 Å². The topological polar surface area (TPSA) is 79.0 Å². The molecule has 2 fully saturated rings. The number of likely N-dealkylation sites (tertiary alicyclic amines) is 2. The molecule has 1 aromatic carbocycles. The zero-order valence-corrected chi connectivity index (χ0v) is 17.5. The first-order valence-corrected chi connectivity index (χ1v) is 10.3. The van der Waals surface area contributed by atoms with Gasteiger partial charge in [-0.3, -0.25) is 9.59 Å². The van der Waals surface area contributed by atoms with E-state index in [1.807, 2.05) is 51.1 Å². The highest BCUT2D eigenvalue weighted by molar-refractivity contribution is 5.89. The lowest BCUT2D eigenvalue weighted by atomic mass is 10.0. The summed E-state index contributed by atoms with van der Waals surface area (Å²) in [6.45, 7) is 7.79. The molecule has 7 heteroatoms. The van der Waals surface area contributed by atoms with Crippen LogP contribution in [0, 0.1) is 5.92 Å². The van der Waals surface area contributed by atoms with Crippen LogP contribution in [0.1, 0.15) is 45.6 Å². The lowest BCUT2D eigenvalue weighted by Crippen LogP contribution is -2.48. The molecule has 29 heavy (non-hydrogen) atoms. The van der Waals surface area contributed by atoms with E-state index in [0.29, 0.717) is 32.5 Å². The average molecular weight is 402 g/mol.